The van der Waals surface area contributed by atoms with Crippen molar-refractivity contribution in [1.82, 2.24) is 4.90 Å². The third-order valence-electron chi connectivity index (χ3n) is 3.44. The van der Waals surface area contributed by atoms with Gasteiger partial charge in [-0.15, -0.1) is 0 Å². The highest BCUT2D eigenvalue weighted by Gasteiger charge is 2.28. The van der Waals surface area contributed by atoms with Gasteiger partial charge in [-0.2, -0.15) is 0 Å². The monoisotopic (exact) mass is 267 g/mol. The quantitative estimate of drug-likeness (QED) is 0.891. The summed E-state index contributed by atoms with van der Waals surface area (Å²) in [6, 6.07) is 6.17. The number of hydrogen-bond donors (Lipinski definition) is 1. The summed E-state index contributed by atoms with van der Waals surface area (Å²) < 4.78 is 0. The van der Waals surface area contributed by atoms with Crippen molar-refractivity contribution >= 4 is 17.6 Å². The molecule has 1 unspecified atom stereocenters. The number of halogens is 1. The predicted octanol–water partition coefficient (Wildman–Crippen LogP) is 3.12. The fraction of sp³-hybridized carbons (Fsp3) is 0.500. The van der Waals surface area contributed by atoms with Gasteiger partial charge in [0.05, 0.1) is 6.54 Å². The van der Waals surface area contributed by atoms with Crippen LogP contribution in [0.4, 0.5) is 0 Å². The van der Waals surface area contributed by atoms with E-state index in [2.05, 4.69) is 11.8 Å². The van der Waals surface area contributed by atoms with Crippen LogP contribution in [-0.2, 0) is 11.2 Å². The largest absolute Gasteiger partial charge is 0.480 e. The molecule has 0 amide bonds. The molecule has 4 heteroatoms. The maximum Gasteiger partial charge on any atom is 0.317 e. The van der Waals surface area contributed by atoms with E-state index in [1.165, 1.54) is 11.1 Å². The third-order valence-corrected chi connectivity index (χ3v) is 3.68. The van der Waals surface area contributed by atoms with Crippen LogP contribution in [0.25, 0.3) is 0 Å². The molecule has 1 aliphatic rings. The van der Waals surface area contributed by atoms with Crippen LogP contribution < -0.4 is 0 Å². The molecular weight excluding hydrogens is 250 g/mol. The van der Waals surface area contributed by atoms with E-state index in [0.29, 0.717) is 0 Å². The number of benzene rings is 1. The molecule has 18 heavy (non-hydrogen) atoms. The summed E-state index contributed by atoms with van der Waals surface area (Å²) in [5.74, 6) is -0.758. The lowest BCUT2D eigenvalue weighted by molar-refractivity contribution is -0.139. The number of carbonyl (C=O) groups is 1. The van der Waals surface area contributed by atoms with Gasteiger partial charge >= 0.3 is 5.97 Å². The number of aliphatic carboxylic acids is 1. The molecule has 98 valence electrons. The Kier molecular flexibility index (Phi) is 4.25. The molecule has 0 aliphatic heterocycles. The van der Waals surface area contributed by atoms with Crippen LogP contribution in [0.3, 0.4) is 0 Å². The van der Waals surface area contributed by atoms with E-state index in [1.807, 2.05) is 18.2 Å². The minimum Gasteiger partial charge on any atom is -0.480 e. The number of fused-ring (bicyclic) bond motifs is 1. The highest BCUT2D eigenvalue weighted by molar-refractivity contribution is 6.30. The summed E-state index contributed by atoms with van der Waals surface area (Å²) >= 11 is 5.99. The van der Waals surface area contributed by atoms with Gasteiger partial charge in [-0.25, -0.2) is 0 Å². The second-order valence-corrected chi connectivity index (χ2v) is 5.20. The van der Waals surface area contributed by atoms with Crippen LogP contribution in [-0.4, -0.2) is 29.1 Å². The summed E-state index contributed by atoms with van der Waals surface area (Å²) in [4.78, 5) is 13.0. The molecule has 0 spiro atoms. The van der Waals surface area contributed by atoms with Gasteiger partial charge < -0.3 is 5.11 Å². The zero-order chi connectivity index (χ0) is 13.1. The molecular formula is C14H18ClNO2. The van der Waals surface area contributed by atoms with Crippen molar-refractivity contribution in [3.8, 4) is 0 Å². The van der Waals surface area contributed by atoms with Crippen molar-refractivity contribution in [1.29, 1.82) is 0 Å². The van der Waals surface area contributed by atoms with Crippen molar-refractivity contribution in [2.75, 3.05) is 13.1 Å². The summed E-state index contributed by atoms with van der Waals surface area (Å²) in [5.41, 5.74) is 2.51. The third kappa shape index (κ3) is 2.85. The SMILES string of the molecule is CCCN(CC(=O)O)C1CCc2cc(Cl)ccc21. The average Bonchev–Trinajstić information content (AvgIpc) is 2.70. The fourth-order valence-corrected chi connectivity index (χ4v) is 2.94. The minimum absolute atomic E-state index is 0.112. The van der Waals surface area contributed by atoms with Crippen molar-refractivity contribution in [3.63, 3.8) is 0 Å². The van der Waals surface area contributed by atoms with E-state index in [4.69, 9.17) is 16.7 Å². The molecule has 1 aromatic rings. The van der Waals surface area contributed by atoms with Gasteiger partial charge in [0.15, 0.2) is 0 Å². The van der Waals surface area contributed by atoms with Crippen molar-refractivity contribution in [3.05, 3.63) is 34.3 Å². The maximum atomic E-state index is 10.9. The Hall–Kier alpha value is -1.06. The molecule has 2 rings (SSSR count). The molecule has 1 aliphatic carbocycles. The lowest BCUT2D eigenvalue weighted by Gasteiger charge is -2.27. The van der Waals surface area contributed by atoms with Gasteiger partial charge in [-0.1, -0.05) is 24.6 Å². The van der Waals surface area contributed by atoms with Gasteiger partial charge in [0.25, 0.3) is 0 Å². The van der Waals surface area contributed by atoms with Crippen molar-refractivity contribution < 1.29 is 9.90 Å². The molecule has 0 saturated carbocycles. The molecule has 0 saturated heterocycles. The van der Waals surface area contributed by atoms with Gasteiger partial charge in [0.2, 0.25) is 0 Å². The second kappa shape index (κ2) is 5.72. The summed E-state index contributed by atoms with van der Waals surface area (Å²) in [5, 5.41) is 9.76. The highest BCUT2D eigenvalue weighted by atomic mass is 35.5. The van der Waals surface area contributed by atoms with Crippen LogP contribution in [0.2, 0.25) is 5.02 Å². The first kappa shape index (κ1) is 13.4. The summed E-state index contributed by atoms with van der Waals surface area (Å²) in [6.07, 6.45) is 2.94. The minimum atomic E-state index is -0.758. The normalized spacial score (nSPS) is 18.1. The zero-order valence-electron chi connectivity index (χ0n) is 10.5. The molecule has 1 aromatic carbocycles. The number of aryl methyl sites for hydroxylation is 1. The Balaban J connectivity index is 2.21. The van der Waals surface area contributed by atoms with Crippen LogP contribution >= 0.6 is 11.6 Å². The standard InChI is InChI=1S/C14H18ClNO2/c1-2-7-16(9-14(17)18)13-6-3-10-8-11(15)4-5-12(10)13/h4-5,8,13H,2-3,6-7,9H2,1H3,(H,17,18). The van der Waals surface area contributed by atoms with Gasteiger partial charge in [0.1, 0.15) is 0 Å². The van der Waals surface area contributed by atoms with Crippen LogP contribution in [0.5, 0.6) is 0 Å². The number of nitrogens with zero attached hydrogens (tertiary/aromatic N) is 1. The predicted molar refractivity (Wildman–Crippen MR) is 72.0 cm³/mol. The summed E-state index contributed by atoms with van der Waals surface area (Å²) in [7, 11) is 0. The number of rotatable bonds is 5. The molecule has 0 aromatic heterocycles. The first-order valence-electron chi connectivity index (χ1n) is 6.36. The summed E-state index contributed by atoms with van der Waals surface area (Å²) in [6.45, 7) is 3.01. The molecule has 0 radical (unpaired) electrons. The molecule has 3 nitrogen and oxygen atoms in total. The Morgan fingerprint density at radius 2 is 2.33 bits per heavy atom. The van der Waals surface area contributed by atoms with E-state index in [1.54, 1.807) is 0 Å². The topological polar surface area (TPSA) is 40.5 Å². The first-order valence-corrected chi connectivity index (χ1v) is 6.73. The number of carboxylic acid groups (broad SMARTS) is 1. The van der Waals surface area contributed by atoms with Crippen LogP contribution in [0, 0.1) is 0 Å². The van der Waals surface area contributed by atoms with E-state index >= 15 is 0 Å². The second-order valence-electron chi connectivity index (χ2n) is 4.76. The number of hydrogen-bond acceptors (Lipinski definition) is 2. The van der Waals surface area contributed by atoms with Gasteiger partial charge in [-0.3, -0.25) is 9.69 Å². The van der Waals surface area contributed by atoms with Gasteiger partial charge in [0, 0.05) is 11.1 Å². The molecule has 0 fully saturated rings. The van der Waals surface area contributed by atoms with E-state index in [9.17, 15) is 4.79 Å². The Morgan fingerprint density at radius 1 is 1.56 bits per heavy atom. The molecule has 0 bridgehead atoms. The molecule has 0 heterocycles. The van der Waals surface area contributed by atoms with E-state index in [0.717, 1.165) is 30.8 Å². The maximum absolute atomic E-state index is 10.9. The lowest BCUT2D eigenvalue weighted by atomic mass is 10.1. The van der Waals surface area contributed by atoms with Crippen molar-refractivity contribution in [2.45, 2.75) is 32.2 Å². The average molecular weight is 268 g/mol. The molecule has 1 atom stereocenters. The van der Waals surface area contributed by atoms with Crippen LogP contribution in [0.15, 0.2) is 18.2 Å². The zero-order valence-corrected chi connectivity index (χ0v) is 11.3. The smallest absolute Gasteiger partial charge is 0.317 e. The van der Waals surface area contributed by atoms with E-state index < -0.39 is 5.97 Å². The Morgan fingerprint density at radius 3 is 3.00 bits per heavy atom. The highest BCUT2D eigenvalue weighted by Crippen LogP contribution is 2.36. The number of carboxylic acids is 1. The van der Waals surface area contributed by atoms with Crippen LogP contribution in [0.1, 0.15) is 36.9 Å². The van der Waals surface area contributed by atoms with Gasteiger partial charge in [-0.05, 0) is 49.1 Å². The van der Waals surface area contributed by atoms with Crippen molar-refractivity contribution in [2.24, 2.45) is 0 Å². The molecule has 1 N–H and O–H groups in total. The lowest BCUT2D eigenvalue weighted by Crippen LogP contribution is -2.33. The first-order chi connectivity index (χ1) is 8.61. The Labute approximate surface area is 112 Å². The van der Waals surface area contributed by atoms with E-state index in [-0.39, 0.29) is 12.6 Å². The Bertz CT molecular complexity index is 447. The fourth-order valence-electron chi connectivity index (χ4n) is 2.75.